The topological polar surface area (TPSA) is 110 Å². The van der Waals surface area contributed by atoms with Crippen molar-refractivity contribution < 1.29 is 14.1 Å². The Kier molecular flexibility index (Phi) is 4.66. The zero-order valence-corrected chi connectivity index (χ0v) is 12.6. The first kappa shape index (κ1) is 15.5. The summed E-state index contributed by atoms with van der Waals surface area (Å²) in [7, 11) is 0. The van der Waals surface area contributed by atoms with E-state index in [1.165, 1.54) is 12.3 Å². The average Bonchev–Trinajstić information content (AvgIpc) is 3.08. The smallest absolute Gasteiger partial charge is 0.407 e. The van der Waals surface area contributed by atoms with Crippen LogP contribution < -0.4 is 10.9 Å². The third-order valence-electron chi connectivity index (χ3n) is 3.10. The van der Waals surface area contributed by atoms with E-state index < -0.39 is 6.09 Å². The highest BCUT2D eigenvalue weighted by molar-refractivity contribution is 5.67. The van der Waals surface area contributed by atoms with E-state index in [0.29, 0.717) is 5.56 Å². The Bertz CT molecular complexity index is 873. The van der Waals surface area contributed by atoms with Gasteiger partial charge in [-0.05, 0) is 11.6 Å². The molecule has 0 aliphatic heterocycles. The molecule has 1 amide bonds. The van der Waals surface area contributed by atoms with Crippen molar-refractivity contribution in [2.45, 2.75) is 13.2 Å². The number of H-pyrrole nitrogens is 1. The first-order chi connectivity index (χ1) is 11.7. The number of nitrogens with one attached hydrogen (secondary N) is 2. The second-order valence-electron chi connectivity index (χ2n) is 4.87. The Morgan fingerprint density at radius 3 is 2.88 bits per heavy atom. The number of amides is 1. The Balaban J connectivity index is 1.52. The molecule has 122 valence electrons. The normalized spacial score (nSPS) is 10.3. The molecule has 8 nitrogen and oxygen atoms in total. The lowest BCUT2D eigenvalue weighted by molar-refractivity contribution is 0.138. The fourth-order valence-electron chi connectivity index (χ4n) is 1.95. The molecule has 0 aliphatic rings. The minimum absolute atomic E-state index is 0.0316. The van der Waals surface area contributed by atoms with Crippen LogP contribution in [0.1, 0.15) is 11.5 Å². The van der Waals surface area contributed by atoms with Gasteiger partial charge < -0.3 is 19.6 Å². The van der Waals surface area contributed by atoms with Gasteiger partial charge in [0, 0.05) is 17.8 Å². The van der Waals surface area contributed by atoms with E-state index in [-0.39, 0.29) is 30.4 Å². The van der Waals surface area contributed by atoms with Crippen LogP contribution in [0.5, 0.6) is 0 Å². The van der Waals surface area contributed by atoms with Crippen molar-refractivity contribution >= 4 is 6.09 Å². The minimum atomic E-state index is -0.588. The molecule has 0 atom stereocenters. The molecule has 0 fully saturated rings. The molecule has 24 heavy (non-hydrogen) atoms. The largest absolute Gasteiger partial charge is 0.445 e. The highest BCUT2D eigenvalue weighted by atomic mass is 16.5. The highest BCUT2D eigenvalue weighted by Crippen LogP contribution is 2.12. The van der Waals surface area contributed by atoms with Crippen LogP contribution in [-0.2, 0) is 17.9 Å². The van der Waals surface area contributed by atoms with Crippen molar-refractivity contribution in [1.82, 2.24) is 20.4 Å². The van der Waals surface area contributed by atoms with Crippen LogP contribution in [0.25, 0.3) is 11.4 Å². The molecule has 2 N–H and O–H groups in total. The van der Waals surface area contributed by atoms with Crippen molar-refractivity contribution in [2.24, 2.45) is 0 Å². The predicted molar refractivity (Wildman–Crippen MR) is 83.8 cm³/mol. The molecule has 0 saturated heterocycles. The first-order valence-corrected chi connectivity index (χ1v) is 7.17. The van der Waals surface area contributed by atoms with Crippen LogP contribution in [0, 0.1) is 0 Å². The van der Waals surface area contributed by atoms with Gasteiger partial charge in [0.1, 0.15) is 13.2 Å². The summed E-state index contributed by atoms with van der Waals surface area (Å²) in [5.74, 6) is 0.484. The van der Waals surface area contributed by atoms with E-state index in [1.807, 2.05) is 30.3 Å². The molecule has 8 heteroatoms. The van der Waals surface area contributed by atoms with Crippen LogP contribution in [0.3, 0.4) is 0 Å². The number of hydrogen-bond donors (Lipinski definition) is 2. The maximum atomic E-state index is 11.6. The first-order valence-electron chi connectivity index (χ1n) is 7.17. The minimum Gasteiger partial charge on any atom is -0.445 e. The van der Waals surface area contributed by atoms with E-state index in [9.17, 15) is 9.59 Å². The summed E-state index contributed by atoms with van der Waals surface area (Å²) in [5.41, 5.74) is 1.16. The van der Waals surface area contributed by atoms with Crippen LogP contribution in [0.15, 0.2) is 58.0 Å². The molecule has 3 rings (SSSR count). The lowest BCUT2D eigenvalue weighted by atomic mass is 10.2. The molecule has 2 heterocycles. The maximum Gasteiger partial charge on any atom is 0.407 e. The molecule has 0 bridgehead atoms. The van der Waals surface area contributed by atoms with E-state index >= 15 is 0 Å². The second-order valence-corrected chi connectivity index (χ2v) is 4.87. The molecule has 0 saturated carbocycles. The number of alkyl carbamates (subject to hydrolysis) is 1. The summed E-state index contributed by atoms with van der Waals surface area (Å²) in [4.78, 5) is 29.5. The lowest BCUT2D eigenvalue weighted by Crippen LogP contribution is -2.23. The Labute approximate surface area is 136 Å². The zero-order valence-electron chi connectivity index (χ0n) is 12.6. The molecular formula is C16H14N4O4. The van der Waals surface area contributed by atoms with Gasteiger partial charge in [0.25, 0.3) is 0 Å². The fourth-order valence-corrected chi connectivity index (χ4v) is 1.95. The number of hydrogen-bond acceptors (Lipinski definition) is 6. The molecule has 3 aromatic rings. The van der Waals surface area contributed by atoms with E-state index in [0.717, 1.165) is 5.56 Å². The average molecular weight is 326 g/mol. The molecule has 0 spiro atoms. The highest BCUT2D eigenvalue weighted by Gasteiger charge is 2.10. The third-order valence-corrected chi connectivity index (χ3v) is 3.10. The molecule has 0 aliphatic carbocycles. The molecule has 0 unspecified atom stereocenters. The second kappa shape index (κ2) is 7.23. The number of aromatic nitrogens is 3. The van der Waals surface area contributed by atoms with Gasteiger partial charge in [-0.2, -0.15) is 4.98 Å². The van der Waals surface area contributed by atoms with Crippen molar-refractivity contribution in [3.05, 3.63) is 70.5 Å². The van der Waals surface area contributed by atoms with Crippen LogP contribution in [0.4, 0.5) is 4.79 Å². The van der Waals surface area contributed by atoms with Gasteiger partial charge >= 0.3 is 6.09 Å². The number of benzene rings is 1. The van der Waals surface area contributed by atoms with Crippen molar-refractivity contribution in [3.63, 3.8) is 0 Å². The summed E-state index contributed by atoms with van der Waals surface area (Å²) in [6.45, 7) is 0.207. The van der Waals surface area contributed by atoms with Gasteiger partial charge in [-0.25, -0.2) is 4.79 Å². The van der Waals surface area contributed by atoms with E-state index in [2.05, 4.69) is 20.4 Å². The number of carbonyl (C=O) groups is 1. The number of nitrogens with zero attached hydrogens (tertiary/aromatic N) is 2. The summed E-state index contributed by atoms with van der Waals surface area (Å²) in [6, 6.07) is 12.3. The van der Waals surface area contributed by atoms with Gasteiger partial charge in [0.05, 0.1) is 0 Å². The van der Waals surface area contributed by atoms with E-state index in [4.69, 9.17) is 9.26 Å². The number of pyridine rings is 1. The summed E-state index contributed by atoms with van der Waals surface area (Å²) in [5, 5.41) is 6.29. The van der Waals surface area contributed by atoms with Crippen molar-refractivity contribution in [3.8, 4) is 11.4 Å². The SMILES string of the molecule is O=C(NCc1nc(-c2cc[nH]c(=O)c2)no1)OCc1ccccc1. The van der Waals surface area contributed by atoms with Crippen molar-refractivity contribution in [2.75, 3.05) is 0 Å². The lowest BCUT2D eigenvalue weighted by Gasteiger charge is -2.05. The quantitative estimate of drug-likeness (QED) is 0.740. The van der Waals surface area contributed by atoms with Crippen LogP contribution in [0.2, 0.25) is 0 Å². The van der Waals surface area contributed by atoms with E-state index in [1.54, 1.807) is 6.07 Å². The predicted octanol–water partition coefficient (Wildman–Crippen LogP) is 1.85. The molecule has 2 aromatic heterocycles. The maximum absolute atomic E-state index is 11.6. The molecule has 1 aromatic carbocycles. The molecular weight excluding hydrogens is 312 g/mol. The Morgan fingerprint density at radius 1 is 1.25 bits per heavy atom. The van der Waals surface area contributed by atoms with Crippen LogP contribution in [-0.4, -0.2) is 21.2 Å². The van der Waals surface area contributed by atoms with Gasteiger partial charge in [0.2, 0.25) is 17.3 Å². The standard InChI is InChI=1S/C16H14N4O4/c21-13-8-12(6-7-17-13)15-19-14(24-20-15)9-18-16(22)23-10-11-4-2-1-3-5-11/h1-8H,9-10H2,(H,17,21)(H,18,22). The number of ether oxygens (including phenoxy) is 1. The zero-order chi connectivity index (χ0) is 16.8. The van der Waals surface area contributed by atoms with Gasteiger partial charge in [-0.15, -0.1) is 0 Å². The number of aromatic amines is 1. The summed E-state index contributed by atoms with van der Waals surface area (Å²) < 4.78 is 10.1. The third kappa shape index (κ3) is 4.07. The monoisotopic (exact) mass is 326 g/mol. The Hall–Kier alpha value is -3.42. The van der Waals surface area contributed by atoms with Crippen molar-refractivity contribution in [1.29, 1.82) is 0 Å². The Morgan fingerprint density at radius 2 is 2.08 bits per heavy atom. The fraction of sp³-hybridized carbons (Fsp3) is 0.125. The number of rotatable bonds is 5. The molecule has 0 radical (unpaired) electrons. The summed E-state index contributed by atoms with van der Waals surface area (Å²) in [6.07, 6.45) is 0.905. The van der Waals surface area contributed by atoms with Crippen LogP contribution >= 0.6 is 0 Å². The number of carbonyl (C=O) groups excluding carboxylic acids is 1. The summed E-state index contributed by atoms with van der Waals surface area (Å²) >= 11 is 0. The van der Waals surface area contributed by atoms with Gasteiger partial charge in [0.15, 0.2) is 0 Å². The van der Waals surface area contributed by atoms with Gasteiger partial charge in [-0.3, -0.25) is 4.79 Å². The van der Waals surface area contributed by atoms with Gasteiger partial charge in [-0.1, -0.05) is 35.5 Å².